The smallest absolute Gasteiger partial charge is 0.253 e. The van der Waals surface area contributed by atoms with E-state index in [-0.39, 0.29) is 12.0 Å². The lowest BCUT2D eigenvalue weighted by Crippen LogP contribution is -2.53. The summed E-state index contributed by atoms with van der Waals surface area (Å²) in [7, 11) is 0. The van der Waals surface area contributed by atoms with Crippen molar-refractivity contribution in [3.63, 3.8) is 0 Å². The molecule has 0 bridgehead atoms. The Kier molecular flexibility index (Phi) is 6.42. The molecule has 1 aromatic carbocycles. The number of thiophene rings is 1. The molecule has 3 heterocycles. The number of aryl methyl sites for hydroxylation is 1. The Labute approximate surface area is 171 Å². The van der Waals surface area contributed by atoms with Crippen molar-refractivity contribution in [3.8, 4) is 0 Å². The monoisotopic (exact) mass is 399 g/mol. The second-order valence-electron chi connectivity index (χ2n) is 7.82. The molecule has 5 nitrogen and oxygen atoms in total. The van der Waals surface area contributed by atoms with Gasteiger partial charge in [0.2, 0.25) is 0 Å². The number of carbonyl (C=O) groups excluding carboxylic acids is 1. The highest BCUT2D eigenvalue weighted by atomic mass is 32.1. The SMILES string of the molecule is Cc1ccc(C(=O)N2CCN(C[C@@H]3CN(Cc4ccsc4)CCO3)CC2)cc1. The molecule has 6 heteroatoms. The van der Waals surface area contributed by atoms with Crippen molar-refractivity contribution in [3.05, 3.63) is 57.8 Å². The first kappa shape index (κ1) is 19.6. The molecule has 2 aliphatic heterocycles. The number of nitrogens with zero attached hydrogens (tertiary/aromatic N) is 3. The van der Waals surface area contributed by atoms with Crippen LogP contribution >= 0.6 is 11.3 Å². The highest BCUT2D eigenvalue weighted by Gasteiger charge is 2.26. The van der Waals surface area contributed by atoms with Gasteiger partial charge in [0.25, 0.3) is 5.91 Å². The van der Waals surface area contributed by atoms with Gasteiger partial charge in [0.1, 0.15) is 0 Å². The number of amides is 1. The summed E-state index contributed by atoms with van der Waals surface area (Å²) in [6, 6.07) is 10.1. The van der Waals surface area contributed by atoms with Crippen LogP contribution in [0.25, 0.3) is 0 Å². The van der Waals surface area contributed by atoms with Crippen LogP contribution in [-0.4, -0.2) is 79.1 Å². The third-order valence-electron chi connectivity index (χ3n) is 5.63. The van der Waals surface area contributed by atoms with Gasteiger partial charge >= 0.3 is 0 Å². The minimum Gasteiger partial charge on any atom is -0.374 e. The lowest BCUT2D eigenvalue weighted by molar-refractivity contribution is -0.0496. The van der Waals surface area contributed by atoms with E-state index in [0.717, 1.165) is 64.5 Å². The highest BCUT2D eigenvalue weighted by Crippen LogP contribution is 2.15. The summed E-state index contributed by atoms with van der Waals surface area (Å²) in [6.07, 6.45) is 0.256. The van der Waals surface area contributed by atoms with Crippen LogP contribution in [0.5, 0.6) is 0 Å². The van der Waals surface area contributed by atoms with Gasteiger partial charge in [-0.15, -0.1) is 0 Å². The summed E-state index contributed by atoms with van der Waals surface area (Å²) in [4.78, 5) is 19.6. The summed E-state index contributed by atoms with van der Waals surface area (Å²) in [6.45, 7) is 10.2. The maximum Gasteiger partial charge on any atom is 0.253 e. The van der Waals surface area contributed by atoms with Crippen LogP contribution in [0.1, 0.15) is 21.5 Å². The van der Waals surface area contributed by atoms with E-state index in [1.807, 2.05) is 36.1 Å². The lowest BCUT2D eigenvalue weighted by atomic mass is 10.1. The first-order chi connectivity index (χ1) is 13.7. The Morgan fingerprint density at radius 1 is 1.07 bits per heavy atom. The predicted molar refractivity (Wildman–Crippen MR) is 113 cm³/mol. The maximum absolute atomic E-state index is 12.7. The topological polar surface area (TPSA) is 36.0 Å². The van der Waals surface area contributed by atoms with E-state index in [0.29, 0.717) is 0 Å². The normalized spacial score (nSPS) is 21.8. The van der Waals surface area contributed by atoms with Gasteiger partial charge in [-0.25, -0.2) is 0 Å². The van der Waals surface area contributed by atoms with Crippen molar-refractivity contribution in [2.24, 2.45) is 0 Å². The minimum atomic E-state index is 0.149. The van der Waals surface area contributed by atoms with Crippen molar-refractivity contribution in [2.75, 3.05) is 52.4 Å². The number of ether oxygens (including phenoxy) is 1. The van der Waals surface area contributed by atoms with Crippen molar-refractivity contribution < 1.29 is 9.53 Å². The van der Waals surface area contributed by atoms with Gasteiger partial charge in [0, 0.05) is 57.9 Å². The van der Waals surface area contributed by atoms with E-state index in [1.165, 1.54) is 11.1 Å². The van der Waals surface area contributed by atoms with Crippen LogP contribution in [0.15, 0.2) is 41.1 Å². The fraction of sp³-hybridized carbons (Fsp3) is 0.500. The maximum atomic E-state index is 12.7. The summed E-state index contributed by atoms with van der Waals surface area (Å²) in [5, 5.41) is 4.37. The average molecular weight is 400 g/mol. The van der Waals surface area contributed by atoms with Crippen molar-refractivity contribution >= 4 is 17.2 Å². The third kappa shape index (κ3) is 5.00. The number of morpholine rings is 1. The molecule has 28 heavy (non-hydrogen) atoms. The molecule has 150 valence electrons. The highest BCUT2D eigenvalue weighted by molar-refractivity contribution is 7.07. The Morgan fingerprint density at radius 2 is 1.86 bits per heavy atom. The van der Waals surface area contributed by atoms with Crippen LogP contribution in [-0.2, 0) is 11.3 Å². The number of benzene rings is 1. The Morgan fingerprint density at radius 3 is 2.57 bits per heavy atom. The first-order valence-corrected chi connectivity index (χ1v) is 11.0. The van der Waals surface area contributed by atoms with Crippen molar-refractivity contribution in [2.45, 2.75) is 19.6 Å². The Hall–Kier alpha value is -1.73. The lowest BCUT2D eigenvalue weighted by Gasteiger charge is -2.39. The summed E-state index contributed by atoms with van der Waals surface area (Å²) in [5.74, 6) is 0.149. The fourth-order valence-electron chi connectivity index (χ4n) is 3.98. The summed E-state index contributed by atoms with van der Waals surface area (Å²) < 4.78 is 6.02. The van der Waals surface area contributed by atoms with Crippen molar-refractivity contribution in [1.29, 1.82) is 0 Å². The number of hydrogen-bond acceptors (Lipinski definition) is 5. The summed E-state index contributed by atoms with van der Waals surface area (Å²) >= 11 is 1.76. The zero-order chi connectivity index (χ0) is 19.3. The quantitative estimate of drug-likeness (QED) is 0.775. The van der Waals surface area contributed by atoms with Crippen LogP contribution in [0.2, 0.25) is 0 Å². The standard InChI is InChI=1S/C22H29N3O2S/c1-18-2-4-20(5-3-18)22(26)25-9-7-23(8-10-25)15-21-16-24(11-12-27-21)14-19-6-13-28-17-19/h2-6,13,17,21H,7-12,14-16H2,1H3/t21-/m1/s1. The van der Waals surface area contributed by atoms with E-state index in [9.17, 15) is 4.79 Å². The van der Waals surface area contributed by atoms with Crippen LogP contribution < -0.4 is 0 Å². The van der Waals surface area contributed by atoms with Gasteiger partial charge in [-0.05, 0) is 41.4 Å². The van der Waals surface area contributed by atoms with Crippen LogP contribution in [0, 0.1) is 6.92 Å². The molecule has 1 aromatic heterocycles. The van der Waals surface area contributed by atoms with Gasteiger partial charge in [-0.3, -0.25) is 14.6 Å². The van der Waals surface area contributed by atoms with Gasteiger partial charge in [-0.2, -0.15) is 11.3 Å². The molecule has 0 saturated carbocycles. The van der Waals surface area contributed by atoms with E-state index in [1.54, 1.807) is 11.3 Å². The molecule has 0 radical (unpaired) electrons. The molecule has 2 aromatic rings. The molecule has 2 saturated heterocycles. The second kappa shape index (κ2) is 9.18. The molecule has 0 unspecified atom stereocenters. The molecule has 0 N–H and O–H groups in total. The molecule has 4 rings (SSSR count). The number of piperazine rings is 1. The molecule has 0 aliphatic carbocycles. The van der Waals surface area contributed by atoms with Crippen LogP contribution in [0.4, 0.5) is 0 Å². The molecule has 2 fully saturated rings. The Balaban J connectivity index is 1.23. The Bertz CT molecular complexity index is 755. The largest absolute Gasteiger partial charge is 0.374 e. The molecule has 2 aliphatic rings. The molecule has 1 amide bonds. The van der Waals surface area contributed by atoms with Gasteiger partial charge in [0.15, 0.2) is 0 Å². The first-order valence-electron chi connectivity index (χ1n) is 10.1. The summed E-state index contributed by atoms with van der Waals surface area (Å²) in [5.41, 5.74) is 3.37. The van der Waals surface area contributed by atoms with Gasteiger partial charge in [0.05, 0.1) is 12.7 Å². The average Bonchev–Trinajstić information content (AvgIpc) is 3.22. The minimum absolute atomic E-state index is 0.149. The number of hydrogen-bond donors (Lipinski definition) is 0. The molecular formula is C22H29N3O2S. The predicted octanol–water partition coefficient (Wildman–Crippen LogP) is 2.72. The number of carbonyl (C=O) groups is 1. The number of rotatable bonds is 5. The van der Waals surface area contributed by atoms with Crippen molar-refractivity contribution in [1.82, 2.24) is 14.7 Å². The van der Waals surface area contributed by atoms with E-state index in [4.69, 9.17) is 4.74 Å². The molecular weight excluding hydrogens is 370 g/mol. The zero-order valence-electron chi connectivity index (χ0n) is 16.5. The van der Waals surface area contributed by atoms with E-state index >= 15 is 0 Å². The van der Waals surface area contributed by atoms with E-state index < -0.39 is 0 Å². The van der Waals surface area contributed by atoms with Gasteiger partial charge < -0.3 is 9.64 Å². The van der Waals surface area contributed by atoms with Gasteiger partial charge in [-0.1, -0.05) is 17.7 Å². The molecule has 0 spiro atoms. The third-order valence-corrected chi connectivity index (χ3v) is 6.36. The van der Waals surface area contributed by atoms with E-state index in [2.05, 4.69) is 26.6 Å². The van der Waals surface area contributed by atoms with Crippen LogP contribution in [0.3, 0.4) is 0 Å². The fourth-order valence-corrected chi connectivity index (χ4v) is 4.64. The second-order valence-corrected chi connectivity index (χ2v) is 8.60. The zero-order valence-corrected chi connectivity index (χ0v) is 17.4. The molecule has 1 atom stereocenters.